The van der Waals surface area contributed by atoms with E-state index in [1.165, 1.54) is 13.3 Å². The summed E-state index contributed by atoms with van der Waals surface area (Å²) in [7, 11) is 1.53. The Hall–Kier alpha value is -2.89. The third-order valence-corrected chi connectivity index (χ3v) is 3.53. The molecule has 1 aliphatic rings. The molecule has 1 aliphatic heterocycles. The molecule has 3 rings (SSSR count). The van der Waals surface area contributed by atoms with Crippen LogP contribution in [0.2, 0.25) is 0 Å². The van der Waals surface area contributed by atoms with Crippen LogP contribution < -0.4 is 15.4 Å². The van der Waals surface area contributed by atoms with Gasteiger partial charge in [-0.05, 0) is 17.7 Å². The summed E-state index contributed by atoms with van der Waals surface area (Å²) < 4.78 is 4.97. The maximum atomic E-state index is 12.5. The molecule has 0 aliphatic carbocycles. The fraction of sp³-hybridized carbons (Fsp3) is 0.188. The van der Waals surface area contributed by atoms with E-state index in [0.717, 1.165) is 5.56 Å². The number of carbonyl (C=O) groups excluding carboxylic acids is 2. The van der Waals surface area contributed by atoms with Crippen LogP contribution in [0, 0.1) is 0 Å². The fourth-order valence-electron chi connectivity index (χ4n) is 2.45. The number of anilines is 2. The van der Waals surface area contributed by atoms with E-state index >= 15 is 0 Å². The number of benzene rings is 1. The zero-order valence-electron chi connectivity index (χ0n) is 12.0. The number of rotatable bonds is 3. The van der Waals surface area contributed by atoms with Crippen LogP contribution in [0.1, 0.15) is 17.9 Å². The van der Waals surface area contributed by atoms with E-state index in [1.54, 1.807) is 18.2 Å². The highest BCUT2D eigenvalue weighted by atomic mass is 16.5. The number of nitrogens with one attached hydrogen (secondary N) is 2. The average Bonchev–Trinajstić information content (AvgIpc) is 2.54. The lowest BCUT2D eigenvalue weighted by Crippen LogP contribution is -2.30. The number of aromatic nitrogens is 1. The van der Waals surface area contributed by atoms with Gasteiger partial charge in [0.05, 0.1) is 24.9 Å². The molecule has 1 atom stereocenters. The Morgan fingerprint density at radius 1 is 1.32 bits per heavy atom. The Kier molecular flexibility index (Phi) is 3.74. The zero-order valence-corrected chi connectivity index (χ0v) is 12.0. The number of hydrogen-bond acceptors (Lipinski definition) is 4. The van der Waals surface area contributed by atoms with Crippen LogP contribution in [0.15, 0.2) is 42.6 Å². The highest BCUT2D eigenvalue weighted by Gasteiger charge is 2.30. The quantitative estimate of drug-likeness (QED) is 0.909. The Morgan fingerprint density at radius 3 is 2.86 bits per heavy atom. The molecule has 0 saturated carbocycles. The lowest BCUT2D eigenvalue weighted by Gasteiger charge is -2.24. The van der Waals surface area contributed by atoms with Crippen molar-refractivity contribution >= 4 is 23.2 Å². The molecule has 1 aromatic heterocycles. The normalized spacial score (nSPS) is 16.4. The predicted octanol–water partition coefficient (Wildman–Crippen LogP) is 2.15. The van der Waals surface area contributed by atoms with Gasteiger partial charge in [-0.15, -0.1) is 0 Å². The number of pyridine rings is 1. The van der Waals surface area contributed by atoms with Crippen molar-refractivity contribution in [2.45, 2.75) is 12.3 Å². The molecular formula is C16H15N3O3. The number of amides is 2. The fourth-order valence-corrected chi connectivity index (χ4v) is 2.45. The van der Waals surface area contributed by atoms with E-state index in [-0.39, 0.29) is 18.2 Å². The van der Waals surface area contributed by atoms with E-state index in [2.05, 4.69) is 15.6 Å². The van der Waals surface area contributed by atoms with Crippen molar-refractivity contribution in [1.82, 2.24) is 4.98 Å². The minimum Gasteiger partial charge on any atom is -0.481 e. The molecule has 0 bridgehead atoms. The second kappa shape index (κ2) is 5.85. The van der Waals surface area contributed by atoms with Crippen molar-refractivity contribution in [3.05, 3.63) is 48.2 Å². The largest absolute Gasteiger partial charge is 0.481 e. The van der Waals surface area contributed by atoms with Gasteiger partial charge in [0.15, 0.2) is 0 Å². The molecule has 2 N–H and O–H groups in total. The number of nitrogens with zero attached hydrogens (tertiary/aromatic N) is 1. The highest BCUT2D eigenvalue weighted by Crippen LogP contribution is 2.32. The molecule has 22 heavy (non-hydrogen) atoms. The molecule has 0 saturated heterocycles. The van der Waals surface area contributed by atoms with E-state index in [0.29, 0.717) is 17.3 Å². The number of methoxy groups -OCH3 is 1. The molecule has 2 aromatic rings. The summed E-state index contributed by atoms with van der Waals surface area (Å²) in [5.41, 5.74) is 2.07. The first-order valence-corrected chi connectivity index (χ1v) is 6.87. The summed E-state index contributed by atoms with van der Waals surface area (Å²) in [5, 5.41) is 5.56. The van der Waals surface area contributed by atoms with Gasteiger partial charge in [-0.1, -0.05) is 18.2 Å². The van der Waals surface area contributed by atoms with Gasteiger partial charge in [-0.2, -0.15) is 0 Å². The molecule has 6 heteroatoms. The van der Waals surface area contributed by atoms with Crippen LogP contribution in [0.3, 0.4) is 0 Å². The summed E-state index contributed by atoms with van der Waals surface area (Å²) in [5.74, 6) is -0.423. The molecule has 0 spiro atoms. The van der Waals surface area contributed by atoms with Crippen molar-refractivity contribution in [3.8, 4) is 5.88 Å². The maximum absolute atomic E-state index is 12.5. The van der Waals surface area contributed by atoms with Gasteiger partial charge in [-0.25, -0.2) is 4.98 Å². The highest BCUT2D eigenvalue weighted by molar-refractivity contribution is 6.05. The van der Waals surface area contributed by atoms with Crippen LogP contribution in [-0.2, 0) is 9.59 Å². The Labute approximate surface area is 127 Å². The van der Waals surface area contributed by atoms with Gasteiger partial charge in [0.25, 0.3) is 0 Å². The Morgan fingerprint density at radius 2 is 2.14 bits per heavy atom. The molecule has 1 aromatic carbocycles. The molecule has 0 fully saturated rings. The first-order valence-electron chi connectivity index (χ1n) is 6.87. The number of ether oxygens (including phenoxy) is 1. The van der Waals surface area contributed by atoms with Crippen molar-refractivity contribution in [2.75, 3.05) is 17.7 Å². The van der Waals surface area contributed by atoms with Gasteiger partial charge >= 0.3 is 0 Å². The smallest absolute Gasteiger partial charge is 0.232 e. The average molecular weight is 297 g/mol. The van der Waals surface area contributed by atoms with Gasteiger partial charge in [0.1, 0.15) is 0 Å². The third kappa shape index (κ3) is 2.76. The third-order valence-electron chi connectivity index (χ3n) is 3.53. The Bertz CT molecular complexity index is 713. The molecule has 2 amide bonds. The van der Waals surface area contributed by atoms with Crippen molar-refractivity contribution in [2.24, 2.45) is 0 Å². The number of fused-ring (bicyclic) bond motifs is 1. The first-order chi connectivity index (χ1) is 10.7. The van der Waals surface area contributed by atoms with Crippen molar-refractivity contribution in [1.29, 1.82) is 0 Å². The summed E-state index contributed by atoms with van der Waals surface area (Å²) in [6.07, 6.45) is 1.65. The van der Waals surface area contributed by atoms with Crippen LogP contribution in [-0.4, -0.2) is 23.9 Å². The van der Waals surface area contributed by atoms with Crippen molar-refractivity contribution in [3.63, 3.8) is 0 Å². The standard InChI is InChI=1S/C16H15N3O3/c1-22-15-7-6-10(9-17-15)18-16(21)12-8-14(20)19-13-5-3-2-4-11(12)13/h2-7,9,12H,8H2,1H3,(H,18,21)(H,19,20)/t12-/m1/s1. The van der Waals surface area contributed by atoms with E-state index in [1.807, 2.05) is 18.2 Å². The minimum atomic E-state index is -0.507. The summed E-state index contributed by atoms with van der Waals surface area (Å²) in [4.78, 5) is 28.3. The molecule has 6 nitrogen and oxygen atoms in total. The number of para-hydroxylation sites is 1. The van der Waals surface area contributed by atoms with Crippen molar-refractivity contribution < 1.29 is 14.3 Å². The molecule has 2 heterocycles. The summed E-state index contributed by atoms with van der Waals surface area (Å²) in [6.45, 7) is 0. The van der Waals surface area contributed by atoms with E-state index in [9.17, 15) is 9.59 Å². The summed E-state index contributed by atoms with van der Waals surface area (Å²) >= 11 is 0. The van der Waals surface area contributed by atoms with E-state index in [4.69, 9.17) is 4.74 Å². The topological polar surface area (TPSA) is 80.3 Å². The van der Waals surface area contributed by atoms with Crippen LogP contribution in [0.4, 0.5) is 11.4 Å². The van der Waals surface area contributed by atoms with Gasteiger partial charge in [0, 0.05) is 18.2 Å². The molecular weight excluding hydrogens is 282 g/mol. The molecule has 112 valence electrons. The lowest BCUT2D eigenvalue weighted by atomic mass is 9.90. The maximum Gasteiger partial charge on any atom is 0.232 e. The second-order valence-electron chi connectivity index (χ2n) is 4.97. The number of hydrogen-bond donors (Lipinski definition) is 2. The Balaban J connectivity index is 1.81. The second-order valence-corrected chi connectivity index (χ2v) is 4.97. The first kappa shape index (κ1) is 14.1. The number of carbonyl (C=O) groups is 2. The monoisotopic (exact) mass is 297 g/mol. The zero-order chi connectivity index (χ0) is 15.5. The SMILES string of the molecule is COc1ccc(NC(=O)[C@@H]2CC(=O)Nc3ccccc32)cn1. The van der Waals surface area contributed by atoms with Crippen LogP contribution in [0.5, 0.6) is 5.88 Å². The van der Waals surface area contributed by atoms with Gasteiger partial charge in [-0.3, -0.25) is 9.59 Å². The summed E-state index contributed by atoms with van der Waals surface area (Å²) in [6, 6.07) is 10.7. The van der Waals surface area contributed by atoms with Crippen LogP contribution in [0.25, 0.3) is 0 Å². The molecule has 0 radical (unpaired) electrons. The van der Waals surface area contributed by atoms with Gasteiger partial charge in [0.2, 0.25) is 17.7 Å². The molecule has 0 unspecified atom stereocenters. The lowest BCUT2D eigenvalue weighted by molar-refractivity contribution is -0.123. The van der Waals surface area contributed by atoms with Gasteiger partial charge < -0.3 is 15.4 Å². The van der Waals surface area contributed by atoms with E-state index < -0.39 is 5.92 Å². The van der Waals surface area contributed by atoms with Crippen LogP contribution >= 0.6 is 0 Å². The minimum absolute atomic E-state index is 0.131. The predicted molar refractivity (Wildman–Crippen MR) is 81.8 cm³/mol.